The van der Waals surface area contributed by atoms with Gasteiger partial charge in [0.05, 0.1) is 16.8 Å². The van der Waals surface area contributed by atoms with Gasteiger partial charge in [0.25, 0.3) is 0 Å². The molecule has 3 aromatic rings. The van der Waals surface area contributed by atoms with Crippen molar-refractivity contribution >= 4 is 27.4 Å². The van der Waals surface area contributed by atoms with Gasteiger partial charge in [-0.1, -0.05) is 6.07 Å². The molecule has 0 unspecified atom stereocenters. The molecule has 4 rings (SSSR count). The normalized spacial score (nSPS) is 19.4. The van der Waals surface area contributed by atoms with E-state index in [2.05, 4.69) is 20.0 Å². The fraction of sp³-hybridized carbons (Fsp3) is 0.381. The van der Waals surface area contributed by atoms with E-state index in [4.69, 9.17) is 5.73 Å². The zero-order chi connectivity index (χ0) is 22.2. The molecule has 1 saturated carbocycles. The summed E-state index contributed by atoms with van der Waals surface area (Å²) in [4.78, 5) is 19.8. The van der Waals surface area contributed by atoms with Crippen LogP contribution in [0.15, 0.2) is 41.7 Å². The minimum Gasteiger partial charge on any atom is -0.381 e. The van der Waals surface area contributed by atoms with Crippen molar-refractivity contribution in [1.82, 2.24) is 24.4 Å². The number of hydrogen-bond acceptors (Lipinski definition) is 6. The number of hydrogen-bond donors (Lipinski definition) is 3. The average molecular weight is 443 g/mol. The van der Waals surface area contributed by atoms with Gasteiger partial charge in [0.2, 0.25) is 15.9 Å². The summed E-state index contributed by atoms with van der Waals surface area (Å²) in [6.45, 7) is 3.42. The maximum Gasteiger partial charge on any atom is 0.240 e. The monoisotopic (exact) mass is 442 g/mol. The lowest BCUT2D eigenvalue weighted by Crippen LogP contribution is -2.43. The highest BCUT2D eigenvalue weighted by molar-refractivity contribution is 7.89. The molecular formula is C21H26N6O3S. The number of sulfonamides is 1. The Morgan fingerprint density at radius 2 is 1.87 bits per heavy atom. The maximum absolute atomic E-state index is 13.1. The van der Waals surface area contributed by atoms with Crippen LogP contribution in [-0.2, 0) is 14.8 Å². The van der Waals surface area contributed by atoms with Crippen LogP contribution in [0.25, 0.3) is 16.9 Å². The number of nitrogens with one attached hydrogen (secondary N) is 2. The van der Waals surface area contributed by atoms with Crippen LogP contribution in [0, 0.1) is 6.92 Å². The number of carbonyl (C=O) groups is 1. The van der Waals surface area contributed by atoms with Crippen molar-refractivity contribution in [2.45, 2.75) is 56.5 Å². The predicted molar refractivity (Wildman–Crippen MR) is 118 cm³/mol. The van der Waals surface area contributed by atoms with E-state index in [1.165, 1.54) is 6.92 Å². The molecule has 0 aliphatic heterocycles. The first kappa shape index (κ1) is 21.3. The van der Waals surface area contributed by atoms with Crippen LogP contribution >= 0.6 is 0 Å². The van der Waals surface area contributed by atoms with Gasteiger partial charge in [-0.3, -0.25) is 9.20 Å². The SMILES string of the molecule is CC(=O)N[C@H]1CC[C@H](NS(=O)(=O)c2ccc(C)c(-c3cnc4c(N)nccn34)c2)CC1. The van der Waals surface area contributed by atoms with Crippen molar-refractivity contribution in [3.63, 3.8) is 0 Å². The second kappa shape index (κ2) is 8.27. The Morgan fingerprint density at radius 1 is 1.16 bits per heavy atom. The zero-order valence-corrected chi connectivity index (χ0v) is 18.3. The van der Waals surface area contributed by atoms with Crippen LogP contribution in [0.4, 0.5) is 5.82 Å². The van der Waals surface area contributed by atoms with Crippen LogP contribution in [0.5, 0.6) is 0 Å². The Bertz CT molecular complexity index is 1230. The van der Waals surface area contributed by atoms with E-state index >= 15 is 0 Å². The number of benzene rings is 1. The van der Waals surface area contributed by atoms with Gasteiger partial charge in [0, 0.05) is 37.0 Å². The van der Waals surface area contributed by atoms with Crippen molar-refractivity contribution in [2.75, 3.05) is 5.73 Å². The number of rotatable bonds is 5. The van der Waals surface area contributed by atoms with E-state index in [1.54, 1.807) is 41.2 Å². The van der Waals surface area contributed by atoms with Crippen LogP contribution in [0.3, 0.4) is 0 Å². The molecule has 1 aliphatic rings. The topological polar surface area (TPSA) is 131 Å². The first-order valence-electron chi connectivity index (χ1n) is 10.2. The molecule has 1 amide bonds. The van der Waals surface area contributed by atoms with Gasteiger partial charge in [0.15, 0.2) is 11.5 Å². The van der Waals surface area contributed by atoms with E-state index in [0.29, 0.717) is 24.3 Å². The zero-order valence-electron chi connectivity index (χ0n) is 17.5. The lowest BCUT2D eigenvalue weighted by molar-refractivity contribution is -0.119. The third kappa shape index (κ3) is 4.40. The maximum atomic E-state index is 13.1. The molecule has 10 heteroatoms. The fourth-order valence-electron chi connectivity index (χ4n) is 4.11. The number of aromatic nitrogens is 3. The lowest BCUT2D eigenvalue weighted by atomic mass is 9.92. The minimum atomic E-state index is -3.70. The van der Waals surface area contributed by atoms with Crippen molar-refractivity contribution in [3.05, 3.63) is 42.4 Å². The Morgan fingerprint density at radius 3 is 2.58 bits per heavy atom. The third-order valence-corrected chi connectivity index (χ3v) is 7.23. The Hall–Kier alpha value is -2.98. The number of nitrogens with zero attached hydrogens (tertiary/aromatic N) is 3. The predicted octanol–water partition coefficient (Wildman–Crippen LogP) is 2.01. The van der Waals surface area contributed by atoms with E-state index in [1.807, 2.05) is 6.92 Å². The molecule has 0 radical (unpaired) electrons. The Balaban J connectivity index is 1.57. The molecule has 1 aliphatic carbocycles. The van der Waals surface area contributed by atoms with Gasteiger partial charge in [-0.2, -0.15) is 0 Å². The quantitative estimate of drug-likeness (QED) is 0.554. The van der Waals surface area contributed by atoms with E-state index in [0.717, 1.165) is 29.7 Å². The molecule has 1 aromatic carbocycles. The summed E-state index contributed by atoms with van der Waals surface area (Å²) in [5.74, 6) is 0.257. The van der Waals surface area contributed by atoms with Gasteiger partial charge in [-0.15, -0.1) is 0 Å². The largest absolute Gasteiger partial charge is 0.381 e. The number of aryl methyl sites for hydroxylation is 1. The fourth-order valence-corrected chi connectivity index (χ4v) is 5.44. The van der Waals surface area contributed by atoms with Gasteiger partial charge in [-0.25, -0.2) is 23.1 Å². The van der Waals surface area contributed by atoms with Gasteiger partial charge >= 0.3 is 0 Å². The van der Waals surface area contributed by atoms with Crippen molar-refractivity contribution in [1.29, 1.82) is 0 Å². The summed E-state index contributed by atoms with van der Waals surface area (Å²) in [5.41, 5.74) is 8.86. The molecule has 164 valence electrons. The first-order valence-corrected chi connectivity index (χ1v) is 11.7. The number of fused-ring (bicyclic) bond motifs is 1. The summed E-state index contributed by atoms with van der Waals surface area (Å²) in [5, 5.41) is 2.91. The molecule has 2 heterocycles. The number of carbonyl (C=O) groups excluding carboxylic acids is 1. The number of nitrogen functional groups attached to an aromatic ring is 1. The summed E-state index contributed by atoms with van der Waals surface area (Å²) >= 11 is 0. The second-order valence-corrected chi connectivity index (χ2v) is 9.71. The van der Waals surface area contributed by atoms with Crippen LogP contribution in [0.2, 0.25) is 0 Å². The minimum absolute atomic E-state index is 0.0545. The van der Waals surface area contributed by atoms with Crippen LogP contribution in [0.1, 0.15) is 38.2 Å². The van der Waals surface area contributed by atoms with E-state index in [9.17, 15) is 13.2 Å². The number of anilines is 1. The second-order valence-electron chi connectivity index (χ2n) is 8.00. The highest BCUT2D eigenvalue weighted by atomic mass is 32.2. The molecule has 31 heavy (non-hydrogen) atoms. The van der Waals surface area contributed by atoms with Gasteiger partial charge in [-0.05, 0) is 50.3 Å². The lowest BCUT2D eigenvalue weighted by Gasteiger charge is -2.29. The summed E-state index contributed by atoms with van der Waals surface area (Å²) < 4.78 is 30.8. The summed E-state index contributed by atoms with van der Waals surface area (Å²) in [6, 6.07) is 5.04. The van der Waals surface area contributed by atoms with Gasteiger partial charge in [0.1, 0.15) is 0 Å². The molecular weight excluding hydrogens is 416 g/mol. The van der Waals surface area contributed by atoms with Gasteiger partial charge < -0.3 is 11.1 Å². The standard InChI is InChI=1S/C21H26N6O3S/c1-13-3-8-17(11-18(13)19-12-24-21-20(22)23-9-10-27(19)21)31(29,30)26-16-6-4-15(5-7-16)25-14(2)28/h3,8-12,15-16,26H,4-7H2,1-2H3,(H2,22,23)(H,25,28)/t15-,16-. The van der Waals surface area contributed by atoms with E-state index < -0.39 is 10.0 Å². The molecule has 0 spiro atoms. The number of amides is 1. The highest BCUT2D eigenvalue weighted by Crippen LogP contribution is 2.29. The van der Waals surface area contributed by atoms with Crippen molar-refractivity contribution in [3.8, 4) is 11.3 Å². The Labute approximate surface area is 181 Å². The average Bonchev–Trinajstić information content (AvgIpc) is 3.14. The summed E-state index contributed by atoms with van der Waals surface area (Å²) in [7, 11) is -3.70. The molecule has 0 saturated heterocycles. The highest BCUT2D eigenvalue weighted by Gasteiger charge is 2.26. The van der Waals surface area contributed by atoms with Crippen LogP contribution in [-0.4, -0.2) is 40.8 Å². The molecule has 2 aromatic heterocycles. The van der Waals surface area contributed by atoms with Crippen molar-refractivity contribution in [2.24, 2.45) is 0 Å². The summed E-state index contributed by atoms with van der Waals surface area (Å²) in [6.07, 6.45) is 7.88. The van der Waals surface area contributed by atoms with Crippen molar-refractivity contribution < 1.29 is 13.2 Å². The Kier molecular flexibility index (Phi) is 5.67. The molecule has 9 nitrogen and oxygen atoms in total. The van der Waals surface area contributed by atoms with Crippen LogP contribution < -0.4 is 15.8 Å². The molecule has 1 fully saturated rings. The first-order chi connectivity index (χ1) is 14.7. The smallest absolute Gasteiger partial charge is 0.240 e. The third-order valence-electron chi connectivity index (χ3n) is 5.71. The van der Waals surface area contributed by atoms with E-state index in [-0.39, 0.29) is 22.9 Å². The molecule has 0 atom stereocenters. The number of nitrogens with two attached hydrogens (primary N) is 1. The molecule has 0 bridgehead atoms. The molecule has 4 N–H and O–H groups in total. The number of imidazole rings is 1.